The Bertz CT molecular complexity index is 924. The second kappa shape index (κ2) is 10.3. The monoisotopic (exact) mass is 422 g/mol. The highest BCUT2D eigenvalue weighted by molar-refractivity contribution is 7.14. The number of nitrogens with one attached hydrogen (secondary N) is 1. The average Bonchev–Trinajstić information content (AvgIpc) is 3.24. The number of nitrogens with two attached hydrogens (primary N) is 1. The van der Waals surface area contributed by atoms with E-state index in [4.69, 9.17) is 5.73 Å². The van der Waals surface area contributed by atoms with E-state index in [0.29, 0.717) is 17.8 Å². The Hall–Kier alpha value is -2.73. The summed E-state index contributed by atoms with van der Waals surface area (Å²) >= 11 is 1.41. The van der Waals surface area contributed by atoms with E-state index in [2.05, 4.69) is 27.9 Å². The third-order valence-corrected chi connectivity index (χ3v) is 6.91. The van der Waals surface area contributed by atoms with Gasteiger partial charge in [-0.25, -0.2) is 4.98 Å². The van der Waals surface area contributed by atoms with Crippen molar-refractivity contribution >= 4 is 22.8 Å². The number of nitrogens with zero attached hydrogens (tertiary/aromatic N) is 2. The molecule has 0 saturated heterocycles. The van der Waals surface area contributed by atoms with Gasteiger partial charge in [-0.15, -0.1) is 11.3 Å². The minimum Gasteiger partial charge on any atom is -0.405 e. The van der Waals surface area contributed by atoms with Gasteiger partial charge in [-0.3, -0.25) is 9.78 Å². The lowest BCUT2D eigenvalue weighted by atomic mass is 9.70. The number of aryl methyl sites for hydroxylation is 1. The number of hydrogen-bond donors (Lipinski definition) is 2. The van der Waals surface area contributed by atoms with E-state index in [0.717, 1.165) is 29.1 Å². The Morgan fingerprint density at radius 3 is 2.80 bits per heavy atom. The number of pyridine rings is 1. The summed E-state index contributed by atoms with van der Waals surface area (Å²) in [7, 11) is 0. The van der Waals surface area contributed by atoms with Crippen molar-refractivity contribution in [3.05, 3.63) is 76.7 Å². The van der Waals surface area contributed by atoms with Crippen LogP contribution in [0.2, 0.25) is 0 Å². The molecule has 2 aromatic heterocycles. The number of aromatic nitrogens is 2. The molecule has 1 aliphatic rings. The predicted octanol–water partition coefficient (Wildman–Crippen LogP) is 4.77. The van der Waals surface area contributed by atoms with Crippen molar-refractivity contribution in [3.8, 4) is 0 Å². The zero-order valence-electron chi connectivity index (χ0n) is 17.6. The molecule has 1 aliphatic carbocycles. The van der Waals surface area contributed by atoms with Crippen molar-refractivity contribution in [2.75, 3.05) is 6.54 Å². The summed E-state index contributed by atoms with van der Waals surface area (Å²) < 4.78 is 0. The summed E-state index contributed by atoms with van der Waals surface area (Å²) in [6, 6.07) is 4.12. The van der Waals surface area contributed by atoms with Gasteiger partial charge in [0, 0.05) is 29.9 Å². The lowest BCUT2D eigenvalue weighted by Gasteiger charge is -2.37. The Balaban J connectivity index is 1.82. The number of carbonyl (C=O) groups excluding carboxylic acids is 1. The van der Waals surface area contributed by atoms with Crippen molar-refractivity contribution in [1.29, 1.82) is 0 Å². The molecule has 0 atom stereocenters. The molecule has 0 aliphatic heterocycles. The molecule has 2 aromatic rings. The van der Waals surface area contributed by atoms with Crippen LogP contribution in [0.25, 0.3) is 5.57 Å². The molecule has 6 heteroatoms. The Morgan fingerprint density at radius 2 is 2.17 bits per heavy atom. The highest BCUT2D eigenvalue weighted by atomic mass is 32.1. The molecule has 158 valence electrons. The second-order valence-corrected chi connectivity index (χ2v) is 8.62. The van der Waals surface area contributed by atoms with Crippen LogP contribution in [0.1, 0.15) is 65.0 Å². The molecule has 0 aromatic carbocycles. The van der Waals surface area contributed by atoms with E-state index < -0.39 is 0 Å². The zero-order chi connectivity index (χ0) is 21.4. The van der Waals surface area contributed by atoms with Gasteiger partial charge in [0.05, 0.1) is 5.69 Å². The highest BCUT2D eigenvalue weighted by Crippen LogP contribution is 2.39. The van der Waals surface area contributed by atoms with Crippen LogP contribution in [0.15, 0.2) is 55.5 Å². The van der Waals surface area contributed by atoms with Crippen LogP contribution >= 0.6 is 11.3 Å². The van der Waals surface area contributed by atoms with Gasteiger partial charge in [0.2, 0.25) is 0 Å². The van der Waals surface area contributed by atoms with Gasteiger partial charge < -0.3 is 11.1 Å². The van der Waals surface area contributed by atoms with Crippen LogP contribution in [-0.2, 0) is 11.8 Å². The minimum absolute atomic E-state index is 0.0415. The summed E-state index contributed by atoms with van der Waals surface area (Å²) in [5, 5.41) is 4.00. The standard InChI is InChI=1S/C24H30N4OS/c1-3-18(10-8-14-25)23-28-20(4-2)21(30-23)22(29)27-17-24(12-6-5-7-13-24)19-11-9-15-26-16-19/h3,8-11,14-16H,1,4-7,12-13,17,25H2,2H3,(H,27,29)/b14-8-,18-10+. The van der Waals surface area contributed by atoms with Gasteiger partial charge in [-0.05, 0) is 43.2 Å². The van der Waals surface area contributed by atoms with Crippen LogP contribution in [0.5, 0.6) is 0 Å². The Labute approximate surface area is 182 Å². The largest absolute Gasteiger partial charge is 0.405 e. The fourth-order valence-electron chi connectivity index (χ4n) is 4.08. The predicted molar refractivity (Wildman–Crippen MR) is 124 cm³/mol. The molecule has 3 N–H and O–H groups in total. The van der Waals surface area contributed by atoms with Crippen LogP contribution in [0.3, 0.4) is 0 Å². The second-order valence-electron chi connectivity index (χ2n) is 7.62. The van der Waals surface area contributed by atoms with E-state index in [9.17, 15) is 4.79 Å². The fourth-order valence-corrected chi connectivity index (χ4v) is 5.17. The maximum absolute atomic E-state index is 13.1. The molecule has 1 amide bonds. The number of rotatable bonds is 8. The van der Waals surface area contributed by atoms with E-state index in [1.807, 2.05) is 25.3 Å². The normalized spacial score (nSPS) is 16.5. The molecular weight excluding hydrogens is 392 g/mol. The van der Waals surface area contributed by atoms with Crippen molar-refractivity contribution in [2.45, 2.75) is 50.9 Å². The van der Waals surface area contributed by atoms with Crippen molar-refractivity contribution in [2.24, 2.45) is 5.73 Å². The van der Waals surface area contributed by atoms with Crippen LogP contribution in [0, 0.1) is 0 Å². The molecule has 0 spiro atoms. The lowest BCUT2D eigenvalue weighted by molar-refractivity contribution is 0.0939. The molecule has 3 rings (SSSR count). The Morgan fingerprint density at radius 1 is 1.37 bits per heavy atom. The summed E-state index contributed by atoms with van der Waals surface area (Å²) in [5.74, 6) is -0.0535. The van der Waals surface area contributed by atoms with Crippen LogP contribution < -0.4 is 11.1 Å². The number of hydrogen-bond acceptors (Lipinski definition) is 5. The van der Waals surface area contributed by atoms with E-state index in [1.54, 1.807) is 18.3 Å². The SMILES string of the molecule is C=C/C(=C\C=C/N)c1nc(CC)c(C(=O)NCC2(c3cccnc3)CCCCC2)s1. The molecular formula is C24H30N4OS. The number of thiazole rings is 1. The van der Waals surface area contributed by atoms with E-state index in [1.165, 1.54) is 42.4 Å². The summed E-state index contributed by atoms with van der Waals surface area (Å²) in [4.78, 5) is 22.8. The number of carbonyl (C=O) groups is 1. The first kappa shape index (κ1) is 22.0. The van der Waals surface area contributed by atoms with E-state index >= 15 is 0 Å². The highest BCUT2D eigenvalue weighted by Gasteiger charge is 2.35. The van der Waals surface area contributed by atoms with Gasteiger partial charge in [0.25, 0.3) is 5.91 Å². The lowest BCUT2D eigenvalue weighted by Crippen LogP contribution is -2.42. The first-order valence-electron chi connectivity index (χ1n) is 10.5. The fraction of sp³-hybridized carbons (Fsp3) is 0.375. The van der Waals surface area contributed by atoms with Gasteiger partial charge in [0.1, 0.15) is 9.88 Å². The zero-order valence-corrected chi connectivity index (χ0v) is 18.4. The smallest absolute Gasteiger partial charge is 0.263 e. The molecule has 30 heavy (non-hydrogen) atoms. The first-order chi connectivity index (χ1) is 14.6. The topological polar surface area (TPSA) is 80.9 Å². The van der Waals surface area contributed by atoms with Gasteiger partial charge >= 0.3 is 0 Å². The Kier molecular flexibility index (Phi) is 7.57. The minimum atomic E-state index is -0.0535. The van der Waals surface area contributed by atoms with Gasteiger partial charge in [-0.1, -0.05) is 51.0 Å². The van der Waals surface area contributed by atoms with Crippen molar-refractivity contribution in [3.63, 3.8) is 0 Å². The molecule has 0 unspecified atom stereocenters. The maximum atomic E-state index is 13.1. The van der Waals surface area contributed by atoms with Crippen LogP contribution in [-0.4, -0.2) is 22.4 Å². The maximum Gasteiger partial charge on any atom is 0.263 e. The third kappa shape index (κ3) is 4.87. The van der Waals surface area contributed by atoms with Crippen LogP contribution in [0.4, 0.5) is 0 Å². The quantitative estimate of drug-likeness (QED) is 0.600. The summed E-state index contributed by atoms with van der Waals surface area (Å²) in [5.41, 5.74) is 8.29. The number of amides is 1. The summed E-state index contributed by atoms with van der Waals surface area (Å²) in [6.07, 6.45) is 17.0. The van der Waals surface area contributed by atoms with Gasteiger partial charge in [-0.2, -0.15) is 0 Å². The number of allylic oxidation sites excluding steroid dienone is 4. The third-order valence-electron chi connectivity index (χ3n) is 5.76. The van der Waals surface area contributed by atoms with Gasteiger partial charge in [0.15, 0.2) is 0 Å². The first-order valence-corrected chi connectivity index (χ1v) is 11.3. The molecule has 0 bridgehead atoms. The average molecular weight is 423 g/mol. The summed E-state index contributed by atoms with van der Waals surface area (Å²) in [6.45, 7) is 6.50. The molecule has 5 nitrogen and oxygen atoms in total. The van der Waals surface area contributed by atoms with Crippen molar-refractivity contribution in [1.82, 2.24) is 15.3 Å². The molecule has 2 heterocycles. The molecule has 0 radical (unpaired) electrons. The molecule has 1 fully saturated rings. The molecule has 1 saturated carbocycles. The van der Waals surface area contributed by atoms with E-state index in [-0.39, 0.29) is 11.3 Å². The van der Waals surface area contributed by atoms with Crippen molar-refractivity contribution < 1.29 is 4.79 Å².